The van der Waals surface area contributed by atoms with E-state index in [2.05, 4.69) is 19.2 Å². The summed E-state index contributed by atoms with van der Waals surface area (Å²) in [6, 6.07) is 4.30. The van der Waals surface area contributed by atoms with Crippen molar-refractivity contribution in [3.05, 3.63) is 24.2 Å². The summed E-state index contributed by atoms with van der Waals surface area (Å²) in [6.07, 6.45) is 2.47. The van der Waals surface area contributed by atoms with E-state index >= 15 is 0 Å². The molecule has 3 nitrogen and oxygen atoms in total. The molecule has 72 valence electrons. The first-order chi connectivity index (χ1) is 6.18. The Morgan fingerprint density at radius 2 is 2.54 bits per heavy atom. The third-order valence-corrected chi connectivity index (χ3v) is 2.30. The molecule has 2 heterocycles. The van der Waals surface area contributed by atoms with Crippen molar-refractivity contribution in [3.63, 3.8) is 0 Å². The van der Waals surface area contributed by atoms with Gasteiger partial charge in [0.25, 0.3) is 0 Å². The number of nitrogens with one attached hydrogen (secondary N) is 1. The van der Waals surface area contributed by atoms with Gasteiger partial charge in [-0.05, 0) is 26.0 Å². The van der Waals surface area contributed by atoms with Crippen LogP contribution in [0.1, 0.15) is 19.6 Å². The van der Waals surface area contributed by atoms with Crippen LogP contribution in [0.15, 0.2) is 22.8 Å². The van der Waals surface area contributed by atoms with Gasteiger partial charge in [0.1, 0.15) is 11.5 Å². The molecule has 0 radical (unpaired) electrons. The maximum atomic E-state index is 5.65. The SMILES string of the molecule is CC1COC(C)(Cc2ccco2)N1. The summed E-state index contributed by atoms with van der Waals surface area (Å²) in [5.41, 5.74) is -0.253. The van der Waals surface area contributed by atoms with E-state index in [1.807, 2.05) is 12.1 Å². The highest BCUT2D eigenvalue weighted by atomic mass is 16.5. The van der Waals surface area contributed by atoms with Gasteiger partial charge >= 0.3 is 0 Å². The van der Waals surface area contributed by atoms with Crippen molar-refractivity contribution in [1.29, 1.82) is 0 Å². The topological polar surface area (TPSA) is 34.4 Å². The fourth-order valence-electron chi connectivity index (χ4n) is 1.76. The molecule has 0 bridgehead atoms. The number of hydrogen-bond donors (Lipinski definition) is 1. The van der Waals surface area contributed by atoms with Crippen molar-refractivity contribution < 1.29 is 9.15 Å². The molecule has 1 aromatic rings. The lowest BCUT2D eigenvalue weighted by molar-refractivity contribution is 0.00311. The second-order valence-corrected chi connectivity index (χ2v) is 3.84. The van der Waals surface area contributed by atoms with E-state index in [-0.39, 0.29) is 5.72 Å². The van der Waals surface area contributed by atoms with Gasteiger partial charge in [-0.15, -0.1) is 0 Å². The quantitative estimate of drug-likeness (QED) is 0.751. The summed E-state index contributed by atoms with van der Waals surface area (Å²) in [4.78, 5) is 0. The third kappa shape index (κ3) is 1.92. The Morgan fingerprint density at radius 3 is 3.08 bits per heavy atom. The van der Waals surface area contributed by atoms with Crippen LogP contribution in [0.3, 0.4) is 0 Å². The van der Waals surface area contributed by atoms with Gasteiger partial charge in [0.2, 0.25) is 0 Å². The van der Waals surface area contributed by atoms with Crippen molar-refractivity contribution in [3.8, 4) is 0 Å². The molecule has 13 heavy (non-hydrogen) atoms. The Hall–Kier alpha value is -0.800. The van der Waals surface area contributed by atoms with Crippen LogP contribution in [-0.4, -0.2) is 18.4 Å². The van der Waals surface area contributed by atoms with Crippen LogP contribution in [0.4, 0.5) is 0 Å². The summed E-state index contributed by atoms with van der Waals surface area (Å²) in [7, 11) is 0. The summed E-state index contributed by atoms with van der Waals surface area (Å²) in [5.74, 6) is 0.962. The lowest BCUT2D eigenvalue weighted by atomic mass is 10.1. The predicted molar refractivity (Wildman–Crippen MR) is 49.4 cm³/mol. The molecule has 2 unspecified atom stereocenters. The van der Waals surface area contributed by atoms with Crippen molar-refractivity contribution in [2.75, 3.05) is 6.61 Å². The average molecular weight is 181 g/mol. The monoisotopic (exact) mass is 181 g/mol. The highest BCUT2D eigenvalue weighted by molar-refractivity contribution is 5.03. The molecular formula is C10H15NO2. The summed E-state index contributed by atoms with van der Waals surface area (Å²) in [6.45, 7) is 4.95. The molecule has 1 N–H and O–H groups in total. The van der Waals surface area contributed by atoms with Gasteiger partial charge in [-0.3, -0.25) is 5.32 Å². The molecule has 0 spiro atoms. The molecule has 0 aliphatic carbocycles. The van der Waals surface area contributed by atoms with Crippen LogP contribution in [-0.2, 0) is 11.2 Å². The molecule has 0 aromatic carbocycles. The van der Waals surface area contributed by atoms with Crippen LogP contribution in [0.25, 0.3) is 0 Å². The Balaban J connectivity index is 2.01. The lowest BCUT2D eigenvalue weighted by Gasteiger charge is -2.22. The maximum Gasteiger partial charge on any atom is 0.123 e. The smallest absolute Gasteiger partial charge is 0.123 e. The minimum Gasteiger partial charge on any atom is -0.469 e. The Labute approximate surface area is 78.1 Å². The van der Waals surface area contributed by atoms with E-state index in [1.165, 1.54) is 0 Å². The first kappa shape index (κ1) is 8.78. The van der Waals surface area contributed by atoms with Gasteiger partial charge < -0.3 is 9.15 Å². The van der Waals surface area contributed by atoms with E-state index in [1.54, 1.807) is 6.26 Å². The maximum absolute atomic E-state index is 5.65. The van der Waals surface area contributed by atoms with E-state index < -0.39 is 0 Å². The number of hydrogen-bond acceptors (Lipinski definition) is 3. The van der Waals surface area contributed by atoms with Crippen LogP contribution in [0.5, 0.6) is 0 Å². The first-order valence-electron chi connectivity index (χ1n) is 4.62. The normalized spacial score (nSPS) is 33.8. The van der Waals surface area contributed by atoms with E-state index in [0.29, 0.717) is 6.04 Å². The van der Waals surface area contributed by atoms with E-state index in [9.17, 15) is 0 Å². The second-order valence-electron chi connectivity index (χ2n) is 3.84. The van der Waals surface area contributed by atoms with Gasteiger partial charge in [0, 0.05) is 12.5 Å². The van der Waals surface area contributed by atoms with Gasteiger partial charge in [-0.1, -0.05) is 0 Å². The van der Waals surface area contributed by atoms with Crippen molar-refractivity contribution in [1.82, 2.24) is 5.32 Å². The summed E-state index contributed by atoms with van der Waals surface area (Å²) >= 11 is 0. The van der Waals surface area contributed by atoms with Gasteiger partial charge in [0.15, 0.2) is 0 Å². The highest BCUT2D eigenvalue weighted by Gasteiger charge is 2.34. The fourth-order valence-corrected chi connectivity index (χ4v) is 1.76. The molecule has 0 amide bonds. The largest absolute Gasteiger partial charge is 0.469 e. The Bertz CT molecular complexity index is 270. The second kappa shape index (κ2) is 3.16. The highest BCUT2D eigenvalue weighted by Crippen LogP contribution is 2.20. The third-order valence-electron chi connectivity index (χ3n) is 2.30. The molecule has 1 aliphatic heterocycles. The lowest BCUT2D eigenvalue weighted by Crippen LogP contribution is -2.42. The molecule has 1 aromatic heterocycles. The standard InChI is InChI=1S/C10H15NO2/c1-8-7-13-10(2,11-8)6-9-4-3-5-12-9/h3-5,8,11H,6-7H2,1-2H3. The summed E-state index contributed by atoms with van der Waals surface area (Å²) < 4.78 is 10.9. The van der Waals surface area contributed by atoms with E-state index in [0.717, 1.165) is 18.8 Å². The van der Waals surface area contributed by atoms with E-state index in [4.69, 9.17) is 9.15 Å². The molecule has 2 rings (SSSR count). The van der Waals surface area contributed by atoms with Gasteiger partial charge in [-0.25, -0.2) is 0 Å². The minimum atomic E-state index is -0.253. The molecular weight excluding hydrogens is 166 g/mol. The molecule has 0 saturated carbocycles. The number of rotatable bonds is 2. The number of furan rings is 1. The number of ether oxygens (including phenoxy) is 1. The molecule has 3 heteroatoms. The zero-order valence-electron chi connectivity index (χ0n) is 8.04. The zero-order valence-corrected chi connectivity index (χ0v) is 8.04. The van der Waals surface area contributed by atoms with Crippen molar-refractivity contribution >= 4 is 0 Å². The molecule has 2 atom stereocenters. The van der Waals surface area contributed by atoms with Gasteiger partial charge in [-0.2, -0.15) is 0 Å². The molecule has 1 aliphatic rings. The molecule has 1 fully saturated rings. The predicted octanol–water partition coefficient (Wildman–Crippen LogP) is 1.55. The van der Waals surface area contributed by atoms with Crippen molar-refractivity contribution in [2.45, 2.75) is 32.0 Å². The van der Waals surface area contributed by atoms with Crippen molar-refractivity contribution in [2.24, 2.45) is 0 Å². The Morgan fingerprint density at radius 1 is 1.69 bits per heavy atom. The Kier molecular flexibility index (Phi) is 2.14. The van der Waals surface area contributed by atoms with Crippen LogP contribution < -0.4 is 5.32 Å². The summed E-state index contributed by atoms with van der Waals surface area (Å²) in [5, 5.41) is 3.39. The first-order valence-corrected chi connectivity index (χ1v) is 4.62. The van der Waals surface area contributed by atoms with Crippen LogP contribution in [0, 0.1) is 0 Å². The van der Waals surface area contributed by atoms with Crippen LogP contribution >= 0.6 is 0 Å². The zero-order chi connectivity index (χ0) is 9.31. The van der Waals surface area contributed by atoms with Crippen LogP contribution in [0.2, 0.25) is 0 Å². The minimum absolute atomic E-state index is 0.253. The molecule has 1 saturated heterocycles. The average Bonchev–Trinajstić information content (AvgIpc) is 2.62. The fraction of sp³-hybridized carbons (Fsp3) is 0.600. The van der Waals surface area contributed by atoms with Gasteiger partial charge in [0.05, 0.1) is 12.9 Å².